The molecule has 0 heterocycles. The van der Waals surface area contributed by atoms with E-state index >= 15 is 0 Å². The number of hydrogen-bond donors (Lipinski definition) is 0. The number of hydrogen-bond acceptors (Lipinski definition) is 3. The van der Waals surface area contributed by atoms with E-state index < -0.39 is 10.8 Å². The first kappa shape index (κ1) is 10.8. The van der Waals surface area contributed by atoms with Gasteiger partial charge in [0.25, 0.3) is 0 Å². The van der Waals surface area contributed by atoms with Crippen LogP contribution in [0.1, 0.15) is 13.8 Å². The van der Waals surface area contributed by atoms with Crippen LogP contribution < -0.4 is 0 Å². The predicted molar refractivity (Wildman–Crippen MR) is 45.4 cm³/mol. The van der Waals surface area contributed by atoms with Gasteiger partial charge >= 0.3 is 0 Å². The monoisotopic (exact) mass is 171 g/mol. The maximum absolute atomic E-state index is 11.1. The first-order chi connectivity index (χ1) is 5.49. The van der Waals surface area contributed by atoms with Crippen LogP contribution in [-0.2, 0) is 4.79 Å². The number of ketones is 1. The largest absolute Gasteiger partial charge is 0.294 e. The van der Waals surface area contributed by atoms with Gasteiger partial charge in [0.2, 0.25) is 6.54 Å². The summed E-state index contributed by atoms with van der Waals surface area (Å²) in [7, 11) is 0. The van der Waals surface area contributed by atoms with Gasteiger partial charge in [-0.3, -0.25) is 14.9 Å². The van der Waals surface area contributed by atoms with Crippen LogP contribution in [0.25, 0.3) is 0 Å². The van der Waals surface area contributed by atoms with Crippen molar-refractivity contribution in [3.63, 3.8) is 0 Å². The second-order valence-corrected chi connectivity index (χ2v) is 2.97. The molecule has 4 nitrogen and oxygen atoms in total. The molecule has 12 heavy (non-hydrogen) atoms. The molecule has 0 aromatic carbocycles. The average molecular weight is 171 g/mol. The number of carbonyl (C=O) groups is 1. The predicted octanol–water partition coefficient (Wildman–Crippen LogP) is 1.29. The molecule has 0 amide bonds. The van der Waals surface area contributed by atoms with E-state index in [0.717, 1.165) is 6.08 Å². The molecule has 0 aliphatic carbocycles. The van der Waals surface area contributed by atoms with E-state index in [0.29, 0.717) is 0 Å². The molecule has 0 radical (unpaired) electrons. The lowest BCUT2D eigenvalue weighted by atomic mass is 9.92. The molecule has 1 unspecified atom stereocenters. The van der Waals surface area contributed by atoms with Gasteiger partial charge in [0, 0.05) is 4.92 Å². The van der Waals surface area contributed by atoms with Crippen molar-refractivity contribution >= 4 is 5.78 Å². The molecule has 0 rings (SSSR count). The highest BCUT2D eigenvalue weighted by Gasteiger charge is 2.24. The molecule has 0 spiro atoms. The molecule has 4 heteroatoms. The van der Waals surface area contributed by atoms with Crippen molar-refractivity contribution in [1.82, 2.24) is 0 Å². The first-order valence-corrected chi connectivity index (χ1v) is 3.77. The van der Waals surface area contributed by atoms with E-state index in [1.165, 1.54) is 0 Å². The lowest BCUT2D eigenvalue weighted by Crippen LogP contribution is -2.26. The van der Waals surface area contributed by atoms with Crippen molar-refractivity contribution in [2.75, 3.05) is 6.54 Å². The SMILES string of the molecule is C=CC(=O)C(C[N+](=O)[O-])C(C)C. The molecule has 0 N–H and O–H groups in total. The third-order valence-corrected chi connectivity index (χ3v) is 1.72. The van der Waals surface area contributed by atoms with Gasteiger partial charge in [0.15, 0.2) is 5.78 Å². The molecule has 1 atom stereocenters. The zero-order chi connectivity index (χ0) is 9.72. The number of carbonyl (C=O) groups excluding carboxylic acids is 1. The summed E-state index contributed by atoms with van der Waals surface area (Å²) < 4.78 is 0. The molecule has 0 bridgehead atoms. The fourth-order valence-electron chi connectivity index (χ4n) is 0.941. The molecule has 0 aromatic heterocycles. The smallest absolute Gasteiger partial charge is 0.214 e. The minimum atomic E-state index is -0.530. The maximum Gasteiger partial charge on any atom is 0.214 e. The van der Waals surface area contributed by atoms with Crippen molar-refractivity contribution in [3.05, 3.63) is 22.8 Å². The summed E-state index contributed by atoms with van der Waals surface area (Å²) in [5, 5.41) is 10.2. The van der Waals surface area contributed by atoms with E-state index in [1.807, 2.05) is 0 Å². The van der Waals surface area contributed by atoms with E-state index in [9.17, 15) is 14.9 Å². The van der Waals surface area contributed by atoms with Crippen LogP contribution in [0.4, 0.5) is 0 Å². The summed E-state index contributed by atoms with van der Waals surface area (Å²) in [6, 6.07) is 0. The van der Waals surface area contributed by atoms with Crippen molar-refractivity contribution in [3.8, 4) is 0 Å². The van der Waals surface area contributed by atoms with Crippen LogP contribution in [0, 0.1) is 22.0 Å². The highest BCUT2D eigenvalue weighted by molar-refractivity contribution is 5.91. The average Bonchev–Trinajstić information content (AvgIpc) is 1.98. The van der Waals surface area contributed by atoms with Crippen LogP contribution in [-0.4, -0.2) is 17.3 Å². The van der Waals surface area contributed by atoms with E-state index in [-0.39, 0.29) is 18.2 Å². The van der Waals surface area contributed by atoms with Gasteiger partial charge in [0.05, 0.1) is 5.92 Å². The van der Waals surface area contributed by atoms with Gasteiger partial charge < -0.3 is 0 Å². The normalized spacial score (nSPS) is 12.6. The lowest BCUT2D eigenvalue weighted by Gasteiger charge is -2.12. The molecule has 0 aromatic rings. The van der Waals surface area contributed by atoms with Crippen LogP contribution >= 0.6 is 0 Å². The summed E-state index contributed by atoms with van der Waals surface area (Å²) in [6.07, 6.45) is 1.15. The fraction of sp³-hybridized carbons (Fsp3) is 0.625. The van der Waals surface area contributed by atoms with Crippen molar-refractivity contribution in [2.45, 2.75) is 13.8 Å². The quantitative estimate of drug-likeness (QED) is 0.355. The van der Waals surface area contributed by atoms with Crippen LogP contribution in [0.3, 0.4) is 0 Å². The Kier molecular flexibility index (Phi) is 4.18. The molecular formula is C8H13NO3. The van der Waals surface area contributed by atoms with Gasteiger partial charge in [-0.1, -0.05) is 20.4 Å². The second kappa shape index (κ2) is 4.64. The topological polar surface area (TPSA) is 60.2 Å². The summed E-state index contributed by atoms with van der Waals surface area (Å²) in [6.45, 7) is 6.57. The summed E-state index contributed by atoms with van der Waals surface area (Å²) in [4.78, 5) is 20.8. The molecule has 0 aliphatic rings. The lowest BCUT2D eigenvalue weighted by molar-refractivity contribution is -0.486. The van der Waals surface area contributed by atoms with Gasteiger partial charge in [-0.15, -0.1) is 0 Å². The summed E-state index contributed by atoms with van der Waals surface area (Å²) in [5.41, 5.74) is 0. The van der Waals surface area contributed by atoms with E-state index in [1.54, 1.807) is 13.8 Å². The van der Waals surface area contributed by atoms with Crippen molar-refractivity contribution in [2.24, 2.45) is 11.8 Å². The Morgan fingerprint density at radius 3 is 2.42 bits per heavy atom. The number of rotatable bonds is 5. The Bertz CT molecular complexity index is 198. The van der Waals surface area contributed by atoms with Gasteiger partial charge in [-0.2, -0.15) is 0 Å². The van der Waals surface area contributed by atoms with Crippen LogP contribution in [0.2, 0.25) is 0 Å². The van der Waals surface area contributed by atoms with Crippen LogP contribution in [0.15, 0.2) is 12.7 Å². The number of allylic oxidation sites excluding steroid dienone is 1. The van der Waals surface area contributed by atoms with Crippen molar-refractivity contribution < 1.29 is 9.72 Å². The van der Waals surface area contributed by atoms with Gasteiger partial charge in [0.1, 0.15) is 0 Å². The Hall–Kier alpha value is -1.19. The number of nitrogens with zero attached hydrogens (tertiary/aromatic N) is 1. The molecule has 0 fully saturated rings. The van der Waals surface area contributed by atoms with E-state index in [2.05, 4.69) is 6.58 Å². The summed E-state index contributed by atoms with van der Waals surface area (Å²) in [5.74, 6) is -0.792. The standard InChI is InChI=1S/C8H13NO3/c1-4-8(10)7(6(2)3)5-9(11)12/h4,6-7H,1,5H2,2-3H3. The Morgan fingerprint density at radius 2 is 2.17 bits per heavy atom. The second-order valence-electron chi connectivity index (χ2n) is 2.97. The van der Waals surface area contributed by atoms with Crippen molar-refractivity contribution in [1.29, 1.82) is 0 Å². The van der Waals surface area contributed by atoms with Crippen LogP contribution in [0.5, 0.6) is 0 Å². The highest BCUT2D eigenvalue weighted by Crippen LogP contribution is 2.12. The van der Waals surface area contributed by atoms with Gasteiger partial charge in [-0.25, -0.2) is 0 Å². The van der Waals surface area contributed by atoms with Gasteiger partial charge in [-0.05, 0) is 12.0 Å². The third-order valence-electron chi connectivity index (χ3n) is 1.72. The Labute approximate surface area is 71.4 Å². The zero-order valence-corrected chi connectivity index (χ0v) is 7.32. The molecule has 0 aliphatic heterocycles. The fourth-order valence-corrected chi connectivity index (χ4v) is 0.941. The summed E-state index contributed by atoms with van der Waals surface area (Å²) >= 11 is 0. The molecular weight excluding hydrogens is 158 g/mol. The Balaban J connectivity index is 4.32. The maximum atomic E-state index is 11.1. The molecule has 0 saturated carbocycles. The first-order valence-electron chi connectivity index (χ1n) is 3.77. The highest BCUT2D eigenvalue weighted by atomic mass is 16.6. The zero-order valence-electron chi connectivity index (χ0n) is 7.32. The Morgan fingerprint density at radius 1 is 1.67 bits per heavy atom. The number of nitro groups is 1. The minimum Gasteiger partial charge on any atom is -0.294 e. The minimum absolute atomic E-state index is 0.0131. The molecule has 68 valence electrons. The molecule has 0 saturated heterocycles. The van der Waals surface area contributed by atoms with E-state index in [4.69, 9.17) is 0 Å². The third kappa shape index (κ3) is 3.27.